The quantitative estimate of drug-likeness (QED) is 0.899. The van der Waals surface area contributed by atoms with Crippen LogP contribution < -0.4 is 5.32 Å². The lowest BCUT2D eigenvalue weighted by molar-refractivity contribution is -0.141. The summed E-state index contributed by atoms with van der Waals surface area (Å²) >= 11 is 0. The third-order valence-corrected chi connectivity index (χ3v) is 3.98. The monoisotopic (exact) mass is 290 g/mol. The fourth-order valence-corrected chi connectivity index (χ4v) is 2.67. The fourth-order valence-electron chi connectivity index (χ4n) is 2.67. The first-order valence-electron chi connectivity index (χ1n) is 7.28. The van der Waals surface area contributed by atoms with Crippen molar-refractivity contribution in [3.63, 3.8) is 0 Å². The summed E-state index contributed by atoms with van der Waals surface area (Å²) in [4.78, 5) is 24.9. The van der Waals surface area contributed by atoms with Crippen LogP contribution in [-0.4, -0.2) is 35.1 Å². The molecule has 21 heavy (non-hydrogen) atoms. The maximum absolute atomic E-state index is 12.3. The highest BCUT2D eigenvalue weighted by atomic mass is 16.4. The number of carboxylic acids is 1. The molecular formula is C16H22N2O3. The van der Waals surface area contributed by atoms with Gasteiger partial charge in [-0.15, -0.1) is 0 Å². The predicted molar refractivity (Wildman–Crippen MR) is 81.6 cm³/mol. The topological polar surface area (TPSA) is 69.6 Å². The summed E-state index contributed by atoms with van der Waals surface area (Å²) in [6, 6.07) is 5.74. The molecule has 114 valence electrons. The Labute approximate surface area is 125 Å². The minimum Gasteiger partial charge on any atom is -0.481 e. The van der Waals surface area contributed by atoms with Gasteiger partial charge in [-0.3, -0.25) is 4.79 Å². The molecule has 1 aromatic carbocycles. The van der Waals surface area contributed by atoms with Gasteiger partial charge in [0, 0.05) is 18.8 Å². The van der Waals surface area contributed by atoms with E-state index in [1.165, 1.54) is 0 Å². The van der Waals surface area contributed by atoms with E-state index in [4.69, 9.17) is 5.11 Å². The van der Waals surface area contributed by atoms with E-state index in [1.807, 2.05) is 25.1 Å². The summed E-state index contributed by atoms with van der Waals surface area (Å²) in [6.45, 7) is 6.91. The molecule has 1 saturated heterocycles. The van der Waals surface area contributed by atoms with Crippen molar-refractivity contribution in [2.75, 3.05) is 18.4 Å². The number of hydrogen-bond acceptors (Lipinski definition) is 2. The van der Waals surface area contributed by atoms with Crippen LogP contribution in [0.1, 0.15) is 37.3 Å². The number of benzene rings is 1. The Morgan fingerprint density at radius 2 is 2.10 bits per heavy atom. The smallest absolute Gasteiger partial charge is 0.321 e. The number of carboxylic acid groups (broad SMARTS) is 1. The van der Waals surface area contributed by atoms with Gasteiger partial charge in [0.15, 0.2) is 0 Å². The number of aryl methyl sites for hydroxylation is 1. The Morgan fingerprint density at radius 3 is 2.67 bits per heavy atom. The minimum absolute atomic E-state index is 0.213. The normalized spacial score (nSPS) is 18.1. The van der Waals surface area contributed by atoms with E-state index in [9.17, 15) is 9.59 Å². The van der Waals surface area contributed by atoms with Gasteiger partial charge < -0.3 is 15.3 Å². The molecule has 1 aliphatic rings. The predicted octanol–water partition coefficient (Wildman–Crippen LogP) is 3.06. The van der Waals surface area contributed by atoms with Crippen molar-refractivity contribution >= 4 is 17.7 Å². The SMILES string of the molecule is Cc1cccc(C(C)C)c1NC(=O)N1CCC(C(=O)O)C1. The largest absolute Gasteiger partial charge is 0.481 e. The van der Waals surface area contributed by atoms with Gasteiger partial charge in [0.2, 0.25) is 0 Å². The number of urea groups is 1. The molecule has 0 bridgehead atoms. The number of hydrogen-bond donors (Lipinski definition) is 2. The standard InChI is InChI=1S/C16H22N2O3/c1-10(2)13-6-4-5-11(3)14(13)17-16(21)18-8-7-12(9-18)15(19)20/h4-6,10,12H,7-9H2,1-3H3,(H,17,21)(H,19,20). The molecule has 0 aromatic heterocycles. The van der Waals surface area contributed by atoms with Gasteiger partial charge in [-0.2, -0.15) is 0 Å². The molecule has 2 amide bonds. The lowest BCUT2D eigenvalue weighted by Crippen LogP contribution is -2.34. The summed E-state index contributed by atoms with van der Waals surface area (Å²) in [5.74, 6) is -0.966. The van der Waals surface area contributed by atoms with E-state index in [1.54, 1.807) is 4.90 Å². The summed E-state index contributed by atoms with van der Waals surface area (Å²) in [5, 5.41) is 12.0. The number of anilines is 1. The van der Waals surface area contributed by atoms with Crippen LogP contribution in [0.4, 0.5) is 10.5 Å². The first-order valence-corrected chi connectivity index (χ1v) is 7.28. The first-order chi connectivity index (χ1) is 9.90. The highest BCUT2D eigenvalue weighted by molar-refractivity contribution is 5.91. The summed E-state index contributed by atoms with van der Waals surface area (Å²) < 4.78 is 0. The molecule has 1 heterocycles. The van der Waals surface area contributed by atoms with Gasteiger partial charge in [0.05, 0.1) is 5.92 Å². The Balaban J connectivity index is 2.12. The van der Waals surface area contributed by atoms with E-state index >= 15 is 0 Å². The Morgan fingerprint density at radius 1 is 1.38 bits per heavy atom. The lowest BCUT2D eigenvalue weighted by Gasteiger charge is -2.21. The van der Waals surface area contributed by atoms with Crippen LogP contribution in [0.25, 0.3) is 0 Å². The number of likely N-dealkylation sites (tertiary alicyclic amines) is 1. The van der Waals surface area contributed by atoms with Gasteiger partial charge in [-0.25, -0.2) is 4.79 Å². The molecular weight excluding hydrogens is 268 g/mol. The molecule has 1 unspecified atom stereocenters. The number of nitrogens with zero attached hydrogens (tertiary/aromatic N) is 1. The van der Waals surface area contributed by atoms with Crippen LogP contribution in [0, 0.1) is 12.8 Å². The van der Waals surface area contributed by atoms with E-state index in [2.05, 4.69) is 19.2 Å². The number of aliphatic carboxylic acids is 1. The number of amides is 2. The molecule has 1 fully saturated rings. The maximum atomic E-state index is 12.3. The van der Waals surface area contributed by atoms with Gasteiger partial charge in [0.25, 0.3) is 0 Å². The second-order valence-electron chi connectivity index (χ2n) is 5.89. The number of carbonyl (C=O) groups excluding carboxylic acids is 1. The zero-order valence-corrected chi connectivity index (χ0v) is 12.7. The van der Waals surface area contributed by atoms with Crippen molar-refractivity contribution in [2.24, 2.45) is 5.92 Å². The zero-order valence-electron chi connectivity index (χ0n) is 12.7. The van der Waals surface area contributed by atoms with Crippen LogP contribution >= 0.6 is 0 Å². The van der Waals surface area contributed by atoms with Crippen LogP contribution in [0.5, 0.6) is 0 Å². The van der Waals surface area contributed by atoms with Crippen molar-refractivity contribution in [3.8, 4) is 0 Å². The van der Waals surface area contributed by atoms with Gasteiger partial charge in [-0.05, 0) is 30.4 Å². The molecule has 2 rings (SSSR count). The molecule has 1 aliphatic heterocycles. The third kappa shape index (κ3) is 3.35. The molecule has 2 N–H and O–H groups in total. The highest BCUT2D eigenvalue weighted by Gasteiger charge is 2.31. The van der Waals surface area contributed by atoms with E-state index < -0.39 is 11.9 Å². The van der Waals surface area contributed by atoms with Gasteiger partial charge in [0.1, 0.15) is 0 Å². The Hall–Kier alpha value is -2.04. The second kappa shape index (κ2) is 6.16. The number of rotatable bonds is 3. The average molecular weight is 290 g/mol. The third-order valence-electron chi connectivity index (χ3n) is 3.98. The van der Waals surface area contributed by atoms with Crippen molar-refractivity contribution in [1.82, 2.24) is 4.90 Å². The average Bonchev–Trinajstić information content (AvgIpc) is 2.90. The molecule has 1 atom stereocenters. The van der Waals surface area contributed by atoms with Crippen LogP contribution in [0.2, 0.25) is 0 Å². The van der Waals surface area contributed by atoms with Crippen molar-refractivity contribution < 1.29 is 14.7 Å². The van der Waals surface area contributed by atoms with Crippen molar-refractivity contribution in [3.05, 3.63) is 29.3 Å². The lowest BCUT2D eigenvalue weighted by atomic mass is 9.98. The van der Waals surface area contributed by atoms with Crippen LogP contribution in [0.15, 0.2) is 18.2 Å². The van der Waals surface area contributed by atoms with Crippen molar-refractivity contribution in [2.45, 2.75) is 33.1 Å². The van der Waals surface area contributed by atoms with E-state index in [-0.39, 0.29) is 12.6 Å². The molecule has 0 spiro atoms. The first kappa shape index (κ1) is 15.4. The number of para-hydroxylation sites is 1. The Bertz CT molecular complexity index is 554. The maximum Gasteiger partial charge on any atom is 0.321 e. The molecule has 0 saturated carbocycles. The number of nitrogens with one attached hydrogen (secondary N) is 1. The van der Waals surface area contributed by atoms with Crippen molar-refractivity contribution in [1.29, 1.82) is 0 Å². The minimum atomic E-state index is -0.830. The summed E-state index contributed by atoms with van der Waals surface area (Å²) in [7, 11) is 0. The molecule has 5 nitrogen and oxygen atoms in total. The molecule has 1 aromatic rings. The van der Waals surface area contributed by atoms with Crippen LogP contribution in [-0.2, 0) is 4.79 Å². The molecule has 0 aliphatic carbocycles. The number of carbonyl (C=O) groups is 2. The summed E-state index contributed by atoms with van der Waals surface area (Å²) in [6.07, 6.45) is 0.521. The fraction of sp³-hybridized carbons (Fsp3) is 0.500. The second-order valence-corrected chi connectivity index (χ2v) is 5.89. The highest BCUT2D eigenvalue weighted by Crippen LogP contribution is 2.28. The van der Waals surface area contributed by atoms with Gasteiger partial charge in [-0.1, -0.05) is 32.0 Å². The molecule has 0 radical (unpaired) electrons. The van der Waals surface area contributed by atoms with Gasteiger partial charge >= 0.3 is 12.0 Å². The van der Waals surface area contributed by atoms with Crippen LogP contribution in [0.3, 0.4) is 0 Å². The summed E-state index contributed by atoms with van der Waals surface area (Å²) in [5.41, 5.74) is 2.96. The van der Waals surface area contributed by atoms with E-state index in [0.29, 0.717) is 18.9 Å². The zero-order chi connectivity index (χ0) is 15.6. The van der Waals surface area contributed by atoms with E-state index in [0.717, 1.165) is 16.8 Å². The Kier molecular flexibility index (Phi) is 4.50. The molecule has 5 heteroatoms.